The number of halogens is 3. The van der Waals surface area contributed by atoms with Crippen molar-refractivity contribution in [3.8, 4) is 5.75 Å². The van der Waals surface area contributed by atoms with Gasteiger partial charge in [-0.15, -0.1) is 0 Å². The molecule has 5 rings (SSSR count). The predicted molar refractivity (Wildman–Crippen MR) is 109 cm³/mol. The number of alkyl halides is 3. The summed E-state index contributed by atoms with van der Waals surface area (Å²) in [5.74, 6) is 0.674. The molecule has 3 aromatic rings. The highest BCUT2D eigenvalue weighted by molar-refractivity contribution is 5.94. The van der Waals surface area contributed by atoms with Crippen molar-refractivity contribution in [2.24, 2.45) is 0 Å². The highest BCUT2D eigenvalue weighted by Gasteiger charge is 2.57. The van der Waals surface area contributed by atoms with Crippen molar-refractivity contribution in [1.82, 2.24) is 0 Å². The molecule has 0 fully saturated rings. The first-order valence-corrected chi connectivity index (χ1v) is 9.51. The van der Waals surface area contributed by atoms with E-state index in [2.05, 4.69) is 30.9 Å². The molecule has 2 aliphatic heterocycles. The fourth-order valence-corrected chi connectivity index (χ4v) is 4.77. The molecule has 2 aliphatic rings. The molecule has 3 aromatic carbocycles. The van der Waals surface area contributed by atoms with Crippen molar-refractivity contribution < 1.29 is 17.9 Å². The fraction of sp³-hybridized carbons (Fsp3) is 0.250. The van der Waals surface area contributed by atoms with E-state index in [-0.39, 0.29) is 5.41 Å². The fourth-order valence-electron chi connectivity index (χ4n) is 4.77. The second-order valence-electron chi connectivity index (χ2n) is 8.24. The van der Waals surface area contributed by atoms with Crippen LogP contribution in [0.25, 0.3) is 16.8 Å². The lowest BCUT2D eigenvalue weighted by Gasteiger charge is -2.46. The molecule has 2 nitrogen and oxygen atoms in total. The largest absolute Gasteiger partial charge is 0.463 e. The number of rotatable bonds is 0. The van der Waals surface area contributed by atoms with Crippen LogP contribution in [0, 0.1) is 0 Å². The van der Waals surface area contributed by atoms with E-state index in [4.69, 9.17) is 4.74 Å². The third kappa shape index (κ3) is 2.30. The summed E-state index contributed by atoms with van der Waals surface area (Å²) in [5, 5.41) is 1.29. The molecule has 0 saturated carbocycles. The Hall–Kier alpha value is -2.95. The van der Waals surface area contributed by atoms with Gasteiger partial charge in [0, 0.05) is 18.3 Å². The number of nitrogens with zero attached hydrogens (tertiary/aromatic N) is 1. The van der Waals surface area contributed by atoms with Crippen LogP contribution in [0.1, 0.15) is 30.5 Å². The zero-order chi connectivity index (χ0) is 20.6. The molecule has 0 radical (unpaired) electrons. The van der Waals surface area contributed by atoms with Gasteiger partial charge < -0.3 is 9.64 Å². The summed E-state index contributed by atoms with van der Waals surface area (Å²) >= 11 is 0. The Balaban J connectivity index is 1.65. The normalized spacial score (nSPS) is 21.9. The first-order chi connectivity index (χ1) is 13.6. The molecular weight excluding hydrogens is 375 g/mol. The van der Waals surface area contributed by atoms with E-state index in [1.807, 2.05) is 31.3 Å². The lowest BCUT2D eigenvalue weighted by molar-refractivity contribution is -0.137. The first kappa shape index (κ1) is 18.1. The van der Waals surface area contributed by atoms with Gasteiger partial charge in [-0.1, -0.05) is 30.3 Å². The van der Waals surface area contributed by atoms with Crippen LogP contribution in [0.2, 0.25) is 0 Å². The summed E-state index contributed by atoms with van der Waals surface area (Å²) in [5.41, 5.74) is 1.45. The standard InChI is InChI=1S/C24H20F3NO/c1-22(2)19-6-4-5-7-20(19)28(3)23(22)13-12-18-17-10-9-16(24(25,26)27)14-15(17)8-11-21(18)29-23/h4-14H,1-3H3. The third-order valence-electron chi connectivity index (χ3n) is 6.42. The van der Waals surface area contributed by atoms with Gasteiger partial charge in [0.2, 0.25) is 5.72 Å². The van der Waals surface area contributed by atoms with Gasteiger partial charge in [0.1, 0.15) is 5.75 Å². The Labute approximate surface area is 167 Å². The molecule has 29 heavy (non-hydrogen) atoms. The van der Waals surface area contributed by atoms with Crippen LogP contribution in [-0.2, 0) is 11.6 Å². The van der Waals surface area contributed by atoms with Crippen LogP contribution in [0.3, 0.4) is 0 Å². The lowest BCUT2D eigenvalue weighted by atomic mass is 9.76. The minimum Gasteiger partial charge on any atom is -0.463 e. The van der Waals surface area contributed by atoms with E-state index in [9.17, 15) is 13.2 Å². The van der Waals surface area contributed by atoms with Crippen molar-refractivity contribution in [2.75, 3.05) is 11.9 Å². The number of anilines is 1. The van der Waals surface area contributed by atoms with Crippen LogP contribution >= 0.6 is 0 Å². The van der Waals surface area contributed by atoms with E-state index < -0.39 is 17.5 Å². The maximum absolute atomic E-state index is 13.1. The first-order valence-electron chi connectivity index (χ1n) is 9.51. The van der Waals surface area contributed by atoms with Gasteiger partial charge >= 0.3 is 6.18 Å². The topological polar surface area (TPSA) is 12.5 Å². The average molecular weight is 395 g/mol. The van der Waals surface area contributed by atoms with Crippen LogP contribution in [0.15, 0.2) is 60.7 Å². The summed E-state index contributed by atoms with van der Waals surface area (Å²) in [6.45, 7) is 4.31. The van der Waals surface area contributed by atoms with Crippen molar-refractivity contribution in [3.05, 3.63) is 77.4 Å². The SMILES string of the molecule is CN1c2ccccc2C(C)(C)C12C=Cc1c(ccc3cc(C(F)(F)F)ccc13)O2. The molecule has 0 N–H and O–H groups in total. The molecular formula is C24H20F3NO. The zero-order valence-electron chi connectivity index (χ0n) is 16.3. The summed E-state index contributed by atoms with van der Waals surface area (Å²) in [6.07, 6.45) is -0.339. The molecule has 2 heterocycles. The minimum atomic E-state index is -4.36. The molecule has 1 unspecified atom stereocenters. The lowest BCUT2D eigenvalue weighted by Crippen LogP contribution is -2.58. The second-order valence-corrected chi connectivity index (χ2v) is 8.24. The van der Waals surface area contributed by atoms with Gasteiger partial charge in [0.05, 0.1) is 11.0 Å². The quantitative estimate of drug-likeness (QED) is 0.437. The Kier molecular flexibility index (Phi) is 3.47. The Morgan fingerprint density at radius 1 is 0.966 bits per heavy atom. The number of likely N-dealkylation sites (N-methyl/N-ethyl adjacent to an activating group) is 1. The van der Waals surface area contributed by atoms with Crippen molar-refractivity contribution in [2.45, 2.75) is 31.2 Å². The number of fused-ring (bicyclic) bond motifs is 4. The molecule has 1 atom stereocenters. The molecule has 0 saturated heterocycles. The monoisotopic (exact) mass is 395 g/mol. The van der Waals surface area contributed by atoms with E-state index in [1.54, 1.807) is 12.1 Å². The van der Waals surface area contributed by atoms with Gasteiger partial charge in [-0.3, -0.25) is 0 Å². The summed E-state index contributed by atoms with van der Waals surface area (Å²) < 4.78 is 45.8. The Morgan fingerprint density at radius 3 is 2.45 bits per heavy atom. The molecule has 0 aromatic heterocycles. The summed E-state index contributed by atoms with van der Waals surface area (Å²) in [4.78, 5) is 2.14. The highest BCUT2D eigenvalue weighted by atomic mass is 19.4. The highest BCUT2D eigenvalue weighted by Crippen LogP contribution is 2.54. The number of hydrogen-bond donors (Lipinski definition) is 0. The van der Waals surface area contributed by atoms with Gasteiger partial charge in [0.15, 0.2) is 0 Å². The zero-order valence-corrected chi connectivity index (χ0v) is 16.3. The summed E-state index contributed by atoms with van der Waals surface area (Å²) in [6, 6.07) is 15.6. The maximum atomic E-state index is 13.1. The van der Waals surface area contributed by atoms with Gasteiger partial charge in [-0.2, -0.15) is 13.2 Å². The number of hydrogen-bond acceptors (Lipinski definition) is 2. The van der Waals surface area contributed by atoms with Gasteiger partial charge in [0.25, 0.3) is 0 Å². The van der Waals surface area contributed by atoms with Crippen molar-refractivity contribution >= 4 is 22.5 Å². The van der Waals surface area contributed by atoms with Crippen LogP contribution < -0.4 is 9.64 Å². The number of para-hydroxylation sites is 1. The van der Waals surface area contributed by atoms with E-state index in [0.29, 0.717) is 11.1 Å². The summed E-state index contributed by atoms with van der Waals surface area (Å²) in [7, 11) is 2.01. The molecule has 148 valence electrons. The third-order valence-corrected chi connectivity index (χ3v) is 6.42. The molecule has 0 bridgehead atoms. The van der Waals surface area contributed by atoms with Gasteiger partial charge in [-0.05, 0) is 66.6 Å². The van der Waals surface area contributed by atoms with Crippen LogP contribution in [-0.4, -0.2) is 12.8 Å². The smallest absolute Gasteiger partial charge is 0.416 e. The molecule has 5 heteroatoms. The maximum Gasteiger partial charge on any atom is 0.416 e. The van der Waals surface area contributed by atoms with E-state index in [0.717, 1.165) is 22.7 Å². The average Bonchev–Trinajstić information content (AvgIpc) is 2.85. The molecule has 0 aliphatic carbocycles. The van der Waals surface area contributed by atoms with E-state index >= 15 is 0 Å². The van der Waals surface area contributed by atoms with Crippen molar-refractivity contribution in [1.29, 1.82) is 0 Å². The number of benzene rings is 3. The van der Waals surface area contributed by atoms with Gasteiger partial charge in [-0.25, -0.2) is 0 Å². The second kappa shape index (κ2) is 5.56. The Morgan fingerprint density at radius 2 is 1.72 bits per heavy atom. The van der Waals surface area contributed by atoms with Crippen LogP contribution in [0.5, 0.6) is 5.75 Å². The van der Waals surface area contributed by atoms with Crippen LogP contribution in [0.4, 0.5) is 18.9 Å². The number of ether oxygens (including phenoxy) is 1. The Bertz CT molecular complexity index is 1180. The predicted octanol–water partition coefficient (Wildman–Crippen LogP) is 6.39. The molecule has 1 spiro atoms. The minimum absolute atomic E-state index is 0.318. The molecule has 0 amide bonds. The van der Waals surface area contributed by atoms with E-state index in [1.165, 1.54) is 17.7 Å². The van der Waals surface area contributed by atoms with Crippen molar-refractivity contribution in [3.63, 3.8) is 0 Å².